The molecule has 0 aromatic heterocycles. The summed E-state index contributed by atoms with van der Waals surface area (Å²) in [5, 5.41) is 3.11. The highest BCUT2D eigenvalue weighted by atomic mass is 16.2. The van der Waals surface area contributed by atoms with Gasteiger partial charge in [0, 0.05) is 12.0 Å². The Morgan fingerprint density at radius 2 is 1.85 bits per heavy atom. The van der Waals surface area contributed by atoms with Gasteiger partial charge in [-0.05, 0) is 38.8 Å². The second-order valence-corrected chi connectivity index (χ2v) is 4.18. The fourth-order valence-electron chi connectivity index (χ4n) is 1.74. The number of hydrogen-bond acceptors (Lipinski definition) is 2. The van der Waals surface area contributed by atoms with Gasteiger partial charge in [-0.1, -0.05) is 0 Å². The lowest BCUT2D eigenvalue weighted by atomic mass is 10.1. The number of hydrogen-bond donors (Lipinski definition) is 1. The highest BCUT2D eigenvalue weighted by Gasteiger charge is 2.31. The summed E-state index contributed by atoms with van der Waals surface area (Å²) < 4.78 is 0. The van der Waals surface area contributed by atoms with Crippen molar-refractivity contribution in [3.63, 3.8) is 0 Å². The van der Waals surface area contributed by atoms with E-state index in [1.807, 2.05) is 0 Å². The molecular weight excluding hydrogens is 164 g/mol. The van der Waals surface area contributed by atoms with E-state index < -0.39 is 0 Å². The lowest BCUT2D eigenvalue weighted by molar-refractivity contribution is -0.123. The van der Waals surface area contributed by atoms with Crippen LogP contribution in [0.2, 0.25) is 0 Å². The fraction of sp³-hybridized carbons (Fsp3) is 0.800. The van der Waals surface area contributed by atoms with Gasteiger partial charge in [0.1, 0.15) is 0 Å². The second kappa shape index (κ2) is 3.66. The number of nitrogens with one attached hydrogen (secondary N) is 1. The van der Waals surface area contributed by atoms with Crippen LogP contribution in [0.3, 0.4) is 0 Å². The van der Waals surface area contributed by atoms with E-state index in [4.69, 9.17) is 0 Å². The zero-order chi connectivity index (χ0) is 9.26. The third-order valence-corrected chi connectivity index (χ3v) is 2.88. The van der Waals surface area contributed by atoms with Crippen LogP contribution in [0.4, 0.5) is 0 Å². The maximum atomic E-state index is 11.4. The maximum Gasteiger partial charge on any atom is 0.223 e. The van der Waals surface area contributed by atoms with Gasteiger partial charge in [0.25, 0.3) is 0 Å². The molecule has 1 saturated carbocycles. The van der Waals surface area contributed by atoms with E-state index in [1.165, 1.54) is 0 Å². The van der Waals surface area contributed by atoms with Crippen molar-refractivity contribution in [2.75, 3.05) is 13.1 Å². The summed E-state index contributed by atoms with van der Waals surface area (Å²) in [6.07, 6.45) is 4.31. The van der Waals surface area contributed by atoms with Crippen molar-refractivity contribution in [3.8, 4) is 0 Å². The number of piperidine rings is 1. The molecule has 0 aromatic rings. The van der Waals surface area contributed by atoms with Gasteiger partial charge in [-0.25, -0.2) is 0 Å². The molecule has 0 unspecified atom stereocenters. The lowest BCUT2D eigenvalue weighted by Crippen LogP contribution is -2.43. The van der Waals surface area contributed by atoms with Crippen LogP contribution in [0.15, 0.2) is 0 Å². The summed E-state index contributed by atoms with van der Waals surface area (Å²) in [6, 6.07) is 0.408. The average molecular weight is 181 g/mol. The Morgan fingerprint density at radius 3 is 2.38 bits per heavy atom. The number of carbonyl (C=O) groups is 1. The molecule has 13 heavy (non-hydrogen) atoms. The molecule has 1 amide bonds. The summed E-state index contributed by atoms with van der Waals surface area (Å²) >= 11 is 0. The van der Waals surface area contributed by atoms with Crippen LogP contribution in [0.5, 0.6) is 0 Å². The monoisotopic (exact) mass is 181 g/mol. The van der Waals surface area contributed by atoms with Crippen LogP contribution in [0.1, 0.15) is 25.7 Å². The van der Waals surface area contributed by atoms with Gasteiger partial charge < -0.3 is 10.2 Å². The summed E-state index contributed by atoms with van der Waals surface area (Å²) in [4.78, 5) is 13.5. The van der Waals surface area contributed by atoms with E-state index in [-0.39, 0.29) is 5.91 Å². The minimum atomic E-state index is 0.280. The van der Waals surface area contributed by atoms with Crippen molar-refractivity contribution in [1.29, 1.82) is 0 Å². The molecule has 0 spiro atoms. The Bertz CT molecular complexity index is 193. The molecule has 3 heteroatoms. The predicted octanol–water partition coefficient (Wildman–Crippen LogP) is 0.769. The number of amides is 1. The SMILES string of the molecule is [CH2-]N1CCC(NC(=O)C2CC2)CC1. The first-order valence-corrected chi connectivity index (χ1v) is 5.11. The fourth-order valence-corrected chi connectivity index (χ4v) is 1.74. The molecule has 2 rings (SSSR count). The van der Waals surface area contributed by atoms with Crippen molar-refractivity contribution in [1.82, 2.24) is 10.2 Å². The molecule has 1 aliphatic heterocycles. The van der Waals surface area contributed by atoms with Crippen LogP contribution >= 0.6 is 0 Å². The molecule has 1 saturated heterocycles. The van der Waals surface area contributed by atoms with E-state index >= 15 is 0 Å². The topological polar surface area (TPSA) is 32.3 Å². The Balaban J connectivity index is 1.72. The van der Waals surface area contributed by atoms with Crippen LogP contribution in [0.25, 0.3) is 0 Å². The summed E-state index contributed by atoms with van der Waals surface area (Å²) in [5.74, 6) is 0.625. The van der Waals surface area contributed by atoms with E-state index in [0.717, 1.165) is 38.8 Å². The van der Waals surface area contributed by atoms with E-state index in [1.54, 1.807) is 0 Å². The molecule has 0 aromatic carbocycles. The number of rotatable bonds is 2. The Morgan fingerprint density at radius 1 is 1.23 bits per heavy atom. The van der Waals surface area contributed by atoms with Gasteiger partial charge in [0.05, 0.1) is 0 Å². The molecule has 74 valence electrons. The molecule has 2 aliphatic rings. The normalized spacial score (nSPS) is 25.9. The first-order chi connectivity index (χ1) is 6.25. The number of likely N-dealkylation sites (tertiary alicyclic amines) is 1. The van der Waals surface area contributed by atoms with Gasteiger partial charge in [-0.2, -0.15) is 0 Å². The highest BCUT2D eigenvalue weighted by molar-refractivity contribution is 5.81. The minimum Gasteiger partial charge on any atom is -0.459 e. The second-order valence-electron chi connectivity index (χ2n) is 4.18. The number of nitrogens with zero attached hydrogens (tertiary/aromatic N) is 1. The van der Waals surface area contributed by atoms with Crippen LogP contribution in [0, 0.1) is 13.0 Å². The minimum absolute atomic E-state index is 0.280. The smallest absolute Gasteiger partial charge is 0.223 e. The third-order valence-electron chi connectivity index (χ3n) is 2.88. The first kappa shape index (κ1) is 9.00. The van der Waals surface area contributed by atoms with Gasteiger partial charge in [-0.3, -0.25) is 11.8 Å². The van der Waals surface area contributed by atoms with E-state index in [0.29, 0.717) is 12.0 Å². The Hall–Kier alpha value is -0.570. The average Bonchev–Trinajstić information content (AvgIpc) is 2.91. The highest BCUT2D eigenvalue weighted by Crippen LogP contribution is 2.29. The van der Waals surface area contributed by atoms with Gasteiger partial charge >= 0.3 is 0 Å². The molecule has 0 bridgehead atoms. The van der Waals surface area contributed by atoms with E-state index in [9.17, 15) is 4.79 Å². The van der Waals surface area contributed by atoms with Crippen molar-refractivity contribution in [2.24, 2.45) is 5.92 Å². The van der Waals surface area contributed by atoms with Crippen molar-refractivity contribution >= 4 is 5.91 Å². The molecule has 1 aliphatic carbocycles. The molecule has 2 fully saturated rings. The predicted molar refractivity (Wildman–Crippen MR) is 50.8 cm³/mol. The summed E-state index contributed by atoms with van der Waals surface area (Å²) in [5.41, 5.74) is 0. The standard InChI is InChI=1S/C10H17N2O/c1-12-6-4-9(5-7-12)11-10(13)8-2-3-8/h8-9H,1-7H2,(H,11,13)/q-1. The largest absolute Gasteiger partial charge is 0.459 e. The lowest BCUT2D eigenvalue weighted by Gasteiger charge is -2.34. The Labute approximate surface area is 79.5 Å². The molecule has 1 heterocycles. The summed E-state index contributed by atoms with van der Waals surface area (Å²) in [7, 11) is 3.88. The van der Waals surface area contributed by atoms with Gasteiger partial charge in [-0.15, -0.1) is 0 Å². The molecular formula is C10H17N2O-. The summed E-state index contributed by atoms with van der Waals surface area (Å²) in [6.45, 7) is 2.02. The Kier molecular flexibility index (Phi) is 2.54. The molecule has 3 nitrogen and oxygen atoms in total. The first-order valence-electron chi connectivity index (χ1n) is 5.11. The number of carbonyl (C=O) groups excluding carboxylic acids is 1. The van der Waals surface area contributed by atoms with Crippen molar-refractivity contribution in [2.45, 2.75) is 31.7 Å². The van der Waals surface area contributed by atoms with Crippen molar-refractivity contribution < 1.29 is 4.79 Å². The van der Waals surface area contributed by atoms with Gasteiger partial charge in [0.2, 0.25) is 5.91 Å². The van der Waals surface area contributed by atoms with Crippen molar-refractivity contribution in [3.05, 3.63) is 7.05 Å². The third kappa shape index (κ3) is 2.44. The molecule has 0 radical (unpaired) electrons. The van der Waals surface area contributed by atoms with Crippen LogP contribution in [-0.4, -0.2) is 29.9 Å². The quantitative estimate of drug-likeness (QED) is 0.638. The molecule has 0 atom stereocenters. The van der Waals surface area contributed by atoms with Gasteiger partial charge in [0.15, 0.2) is 0 Å². The van der Waals surface area contributed by atoms with E-state index in [2.05, 4.69) is 17.3 Å². The van der Waals surface area contributed by atoms with Crippen LogP contribution in [-0.2, 0) is 4.79 Å². The maximum absolute atomic E-state index is 11.4. The van der Waals surface area contributed by atoms with Crippen LogP contribution < -0.4 is 5.32 Å². The zero-order valence-electron chi connectivity index (χ0n) is 7.96. The molecule has 1 N–H and O–H groups in total. The zero-order valence-corrected chi connectivity index (χ0v) is 7.96.